The van der Waals surface area contributed by atoms with Gasteiger partial charge in [-0.05, 0) is 12.8 Å². The molecule has 0 aliphatic carbocycles. The quantitative estimate of drug-likeness (QED) is 0.813. The second-order valence-electron chi connectivity index (χ2n) is 4.75. The highest BCUT2D eigenvalue weighted by molar-refractivity contribution is 5.72. The Kier molecular flexibility index (Phi) is 4.73. The third kappa shape index (κ3) is 3.66. The van der Waals surface area contributed by atoms with Gasteiger partial charge in [0.2, 0.25) is 5.89 Å². The molecule has 106 valence electrons. The number of aromatic nitrogens is 2. The Labute approximate surface area is 111 Å². The van der Waals surface area contributed by atoms with Gasteiger partial charge in [-0.1, -0.05) is 24.9 Å². The summed E-state index contributed by atoms with van der Waals surface area (Å²) in [4.78, 5) is 15.4. The summed E-state index contributed by atoms with van der Waals surface area (Å²) in [6.07, 6.45) is 3.62. The normalized spacial score (nSPS) is 20.4. The first-order valence-electron chi connectivity index (χ1n) is 6.68. The van der Waals surface area contributed by atoms with Crippen LogP contribution in [0.25, 0.3) is 0 Å². The van der Waals surface area contributed by atoms with Crippen LogP contribution in [0, 0.1) is 0 Å². The van der Waals surface area contributed by atoms with Crippen molar-refractivity contribution in [2.75, 3.05) is 13.2 Å². The van der Waals surface area contributed by atoms with Gasteiger partial charge in [0.15, 0.2) is 5.82 Å². The molecule has 0 saturated carbocycles. The summed E-state index contributed by atoms with van der Waals surface area (Å²) in [5.74, 6) is 1.27. The molecule has 2 amide bonds. The van der Waals surface area contributed by atoms with Gasteiger partial charge in [0.1, 0.15) is 6.04 Å². The number of nitrogens with one attached hydrogen (secondary N) is 1. The van der Waals surface area contributed by atoms with Crippen molar-refractivity contribution in [3.05, 3.63) is 11.7 Å². The topological polar surface area (TPSA) is 103 Å². The summed E-state index contributed by atoms with van der Waals surface area (Å²) >= 11 is 0. The van der Waals surface area contributed by atoms with Gasteiger partial charge in [-0.3, -0.25) is 0 Å². The summed E-state index contributed by atoms with van der Waals surface area (Å²) in [6, 6.07) is -0.883. The van der Waals surface area contributed by atoms with Gasteiger partial charge in [0.05, 0.1) is 6.61 Å². The number of carbonyl (C=O) groups excluding carboxylic acids is 1. The summed E-state index contributed by atoms with van der Waals surface area (Å²) in [6.45, 7) is 3.44. The van der Waals surface area contributed by atoms with Gasteiger partial charge in [0, 0.05) is 12.5 Å². The Bertz CT molecular complexity index is 415. The molecular weight excluding hydrogens is 248 g/mol. The number of ether oxygens (including phenoxy) is 1. The Hall–Kier alpha value is -1.63. The first-order chi connectivity index (χ1) is 9.20. The second-order valence-corrected chi connectivity index (χ2v) is 4.75. The minimum Gasteiger partial charge on any atom is -0.381 e. The lowest BCUT2D eigenvalue weighted by Crippen LogP contribution is -2.33. The van der Waals surface area contributed by atoms with E-state index in [1.54, 1.807) is 0 Å². The molecule has 1 aromatic heterocycles. The number of rotatable bonds is 6. The molecule has 1 fully saturated rings. The van der Waals surface area contributed by atoms with Crippen molar-refractivity contribution < 1.29 is 14.1 Å². The van der Waals surface area contributed by atoms with Gasteiger partial charge in [-0.25, -0.2) is 4.79 Å². The molecule has 19 heavy (non-hydrogen) atoms. The Balaban J connectivity index is 2.05. The molecule has 1 aliphatic heterocycles. The summed E-state index contributed by atoms with van der Waals surface area (Å²) in [7, 11) is 0. The maximum absolute atomic E-state index is 11.0. The minimum absolute atomic E-state index is 0.193. The number of primary amides is 1. The first-order valence-corrected chi connectivity index (χ1v) is 6.68. The fraction of sp³-hybridized carbons (Fsp3) is 0.750. The van der Waals surface area contributed by atoms with Crippen molar-refractivity contribution >= 4 is 6.03 Å². The predicted molar refractivity (Wildman–Crippen MR) is 67.5 cm³/mol. The highest BCUT2D eigenvalue weighted by Crippen LogP contribution is 2.25. The molecule has 2 rings (SSSR count). The van der Waals surface area contributed by atoms with E-state index in [1.165, 1.54) is 0 Å². The van der Waals surface area contributed by atoms with Crippen molar-refractivity contribution in [3.8, 4) is 0 Å². The standard InChI is InChI=1S/C12H20N4O3/c1-2-3-4-9(14-12(13)17)11-15-10(16-19-11)8-5-6-18-7-8/h8-9H,2-7H2,1H3,(H3,13,14,17)/t8-,9+/m1/s1. The van der Waals surface area contributed by atoms with Crippen molar-refractivity contribution in [3.63, 3.8) is 0 Å². The van der Waals surface area contributed by atoms with Crippen LogP contribution >= 0.6 is 0 Å². The smallest absolute Gasteiger partial charge is 0.312 e. The minimum atomic E-state index is -0.579. The average molecular weight is 268 g/mol. The van der Waals surface area contributed by atoms with Crippen molar-refractivity contribution in [2.24, 2.45) is 5.73 Å². The monoisotopic (exact) mass is 268 g/mol. The zero-order valence-electron chi connectivity index (χ0n) is 11.1. The third-order valence-electron chi connectivity index (χ3n) is 3.21. The largest absolute Gasteiger partial charge is 0.381 e. The van der Waals surface area contributed by atoms with E-state index in [2.05, 4.69) is 22.4 Å². The molecule has 0 bridgehead atoms. The number of nitrogens with zero attached hydrogens (tertiary/aromatic N) is 2. The van der Waals surface area contributed by atoms with Gasteiger partial charge in [0.25, 0.3) is 0 Å². The van der Waals surface area contributed by atoms with Crippen LogP contribution in [-0.2, 0) is 4.74 Å². The molecule has 1 saturated heterocycles. The van der Waals surface area contributed by atoms with E-state index in [0.717, 1.165) is 32.3 Å². The Morgan fingerprint density at radius 2 is 2.47 bits per heavy atom. The van der Waals surface area contributed by atoms with Crippen LogP contribution in [0.15, 0.2) is 4.52 Å². The fourth-order valence-corrected chi connectivity index (χ4v) is 2.13. The van der Waals surface area contributed by atoms with Crippen molar-refractivity contribution in [2.45, 2.75) is 44.6 Å². The molecule has 0 unspecified atom stereocenters. The molecule has 3 N–H and O–H groups in total. The zero-order chi connectivity index (χ0) is 13.7. The predicted octanol–water partition coefficient (Wildman–Crippen LogP) is 1.47. The number of hydrogen-bond donors (Lipinski definition) is 2. The average Bonchev–Trinajstić information content (AvgIpc) is 3.03. The second kappa shape index (κ2) is 6.51. The van der Waals surface area contributed by atoms with E-state index in [4.69, 9.17) is 15.0 Å². The molecule has 1 aromatic rings. The van der Waals surface area contributed by atoms with Crippen molar-refractivity contribution in [1.29, 1.82) is 0 Å². The van der Waals surface area contributed by atoms with Crippen molar-refractivity contribution in [1.82, 2.24) is 15.5 Å². The van der Waals surface area contributed by atoms with Crippen LogP contribution < -0.4 is 11.1 Å². The zero-order valence-corrected chi connectivity index (χ0v) is 11.1. The molecule has 2 heterocycles. The van der Waals surface area contributed by atoms with Gasteiger partial charge >= 0.3 is 6.03 Å². The van der Waals surface area contributed by atoms with Crippen LogP contribution in [0.1, 0.15) is 56.3 Å². The molecule has 0 radical (unpaired) electrons. The third-order valence-corrected chi connectivity index (χ3v) is 3.21. The number of urea groups is 1. The number of hydrogen-bond acceptors (Lipinski definition) is 5. The fourth-order valence-electron chi connectivity index (χ4n) is 2.13. The summed E-state index contributed by atoms with van der Waals surface area (Å²) < 4.78 is 10.5. The molecule has 0 aromatic carbocycles. The molecule has 7 nitrogen and oxygen atoms in total. The van der Waals surface area contributed by atoms with Crippen LogP contribution in [0.4, 0.5) is 4.79 Å². The maximum Gasteiger partial charge on any atom is 0.312 e. The summed E-state index contributed by atoms with van der Waals surface area (Å²) in [5.41, 5.74) is 5.17. The van der Waals surface area contributed by atoms with Crippen LogP contribution in [0.2, 0.25) is 0 Å². The van der Waals surface area contributed by atoms with E-state index in [0.29, 0.717) is 18.3 Å². The number of nitrogens with two attached hydrogens (primary N) is 1. The highest BCUT2D eigenvalue weighted by Gasteiger charge is 2.26. The van der Waals surface area contributed by atoms with Crippen LogP contribution in [-0.4, -0.2) is 29.4 Å². The van der Waals surface area contributed by atoms with Gasteiger partial charge < -0.3 is 20.3 Å². The number of amides is 2. The molecular formula is C12H20N4O3. The van der Waals surface area contributed by atoms with E-state index in [1.807, 2.05) is 0 Å². The summed E-state index contributed by atoms with van der Waals surface area (Å²) in [5, 5.41) is 6.62. The lowest BCUT2D eigenvalue weighted by atomic mass is 10.1. The van der Waals surface area contributed by atoms with Gasteiger partial charge in [-0.15, -0.1) is 0 Å². The molecule has 1 aliphatic rings. The molecule has 0 spiro atoms. The highest BCUT2D eigenvalue weighted by atomic mass is 16.5. The number of carbonyl (C=O) groups is 1. The first kappa shape index (κ1) is 13.8. The van der Waals surface area contributed by atoms with E-state index in [-0.39, 0.29) is 12.0 Å². The van der Waals surface area contributed by atoms with E-state index in [9.17, 15) is 4.79 Å². The molecule has 2 atom stereocenters. The molecule has 7 heteroatoms. The van der Waals surface area contributed by atoms with Gasteiger partial charge in [-0.2, -0.15) is 4.98 Å². The van der Waals surface area contributed by atoms with E-state index < -0.39 is 6.03 Å². The Morgan fingerprint density at radius 1 is 1.63 bits per heavy atom. The SMILES string of the molecule is CCCC[C@H](NC(N)=O)c1nc([C@@H]2CCOC2)no1. The number of unbranched alkanes of at least 4 members (excludes halogenated alkanes) is 1. The maximum atomic E-state index is 11.0. The van der Waals surface area contributed by atoms with Crippen LogP contribution in [0.5, 0.6) is 0 Å². The lowest BCUT2D eigenvalue weighted by Gasteiger charge is -2.12. The van der Waals surface area contributed by atoms with Crippen LogP contribution in [0.3, 0.4) is 0 Å². The van der Waals surface area contributed by atoms with E-state index >= 15 is 0 Å². The lowest BCUT2D eigenvalue weighted by molar-refractivity contribution is 0.192. The Morgan fingerprint density at radius 3 is 3.11 bits per heavy atom.